The number of aromatic nitrogens is 1. The van der Waals surface area contributed by atoms with Gasteiger partial charge in [-0.3, -0.25) is 4.99 Å². The summed E-state index contributed by atoms with van der Waals surface area (Å²) in [6, 6.07) is 10.6. The van der Waals surface area contributed by atoms with E-state index in [0.717, 1.165) is 38.6 Å². The number of nitrogens with one attached hydrogen (secondary N) is 2. The molecule has 0 fully saturated rings. The van der Waals surface area contributed by atoms with Crippen molar-refractivity contribution in [2.24, 2.45) is 4.99 Å². The predicted molar refractivity (Wildman–Crippen MR) is 92.4 cm³/mol. The molecule has 0 saturated heterocycles. The number of fused-ring (bicyclic) bond motifs is 1. The molecule has 5 heteroatoms. The minimum Gasteiger partial charge on any atom is -0.380 e. The third-order valence-electron chi connectivity index (χ3n) is 3.52. The number of aryl methyl sites for hydroxylation is 1. The molecule has 0 atom stereocenters. The van der Waals surface area contributed by atoms with Crippen molar-refractivity contribution in [3.05, 3.63) is 36.5 Å². The number of aliphatic imine (C=N–C) groups is 1. The molecule has 0 aliphatic rings. The van der Waals surface area contributed by atoms with Gasteiger partial charge in [-0.1, -0.05) is 18.2 Å². The Bertz CT molecular complexity index is 591. The molecule has 0 aliphatic carbocycles. The van der Waals surface area contributed by atoms with Crippen LogP contribution in [-0.4, -0.2) is 43.9 Å². The Morgan fingerprint density at radius 3 is 2.82 bits per heavy atom. The summed E-state index contributed by atoms with van der Waals surface area (Å²) in [6.45, 7) is 6.11. The van der Waals surface area contributed by atoms with Gasteiger partial charge in [-0.05, 0) is 30.9 Å². The van der Waals surface area contributed by atoms with Gasteiger partial charge in [-0.2, -0.15) is 0 Å². The second-order valence-corrected chi connectivity index (χ2v) is 5.04. The number of guanidine groups is 1. The van der Waals surface area contributed by atoms with E-state index in [4.69, 9.17) is 4.74 Å². The van der Waals surface area contributed by atoms with E-state index in [-0.39, 0.29) is 0 Å². The molecule has 22 heavy (non-hydrogen) atoms. The lowest BCUT2D eigenvalue weighted by atomic mass is 10.2. The molecule has 2 aromatic rings. The minimum absolute atomic E-state index is 0.701. The Labute approximate surface area is 132 Å². The van der Waals surface area contributed by atoms with Crippen molar-refractivity contribution in [2.45, 2.75) is 19.9 Å². The fraction of sp³-hybridized carbons (Fsp3) is 0.471. The fourth-order valence-electron chi connectivity index (χ4n) is 2.40. The highest BCUT2D eigenvalue weighted by Crippen LogP contribution is 2.15. The van der Waals surface area contributed by atoms with Crippen LogP contribution in [0.25, 0.3) is 10.9 Å². The molecular weight excluding hydrogens is 276 g/mol. The maximum absolute atomic E-state index is 5.30. The summed E-state index contributed by atoms with van der Waals surface area (Å²) in [5.74, 6) is 0.831. The molecule has 1 heterocycles. The molecule has 0 unspecified atom stereocenters. The first-order valence-corrected chi connectivity index (χ1v) is 7.91. The lowest BCUT2D eigenvalue weighted by Gasteiger charge is -2.12. The summed E-state index contributed by atoms with van der Waals surface area (Å²) in [5, 5.41) is 7.86. The van der Waals surface area contributed by atoms with Crippen molar-refractivity contribution in [3.63, 3.8) is 0 Å². The minimum atomic E-state index is 0.701. The van der Waals surface area contributed by atoms with Crippen LogP contribution in [0.15, 0.2) is 41.5 Å². The second-order valence-electron chi connectivity index (χ2n) is 5.04. The zero-order valence-electron chi connectivity index (χ0n) is 13.5. The first kappa shape index (κ1) is 16.4. The van der Waals surface area contributed by atoms with Crippen LogP contribution in [-0.2, 0) is 11.3 Å². The summed E-state index contributed by atoms with van der Waals surface area (Å²) in [6.07, 6.45) is 3.20. The Hall–Kier alpha value is -2.01. The number of para-hydroxylation sites is 1. The standard InChI is InChI=1S/C17H26N4O/c1-3-22-14-11-20-17(18-2)19-10-6-12-21-13-9-15-7-4-5-8-16(15)21/h4-5,7-9,13H,3,6,10-12,14H2,1-2H3,(H2,18,19,20). The monoisotopic (exact) mass is 302 g/mol. The molecule has 2 rings (SSSR count). The average Bonchev–Trinajstić information content (AvgIpc) is 2.97. The number of nitrogens with zero attached hydrogens (tertiary/aromatic N) is 2. The van der Waals surface area contributed by atoms with Gasteiger partial charge >= 0.3 is 0 Å². The number of ether oxygens (including phenoxy) is 1. The van der Waals surface area contributed by atoms with Crippen LogP contribution in [0.5, 0.6) is 0 Å². The van der Waals surface area contributed by atoms with E-state index in [9.17, 15) is 0 Å². The zero-order chi connectivity index (χ0) is 15.6. The number of benzene rings is 1. The van der Waals surface area contributed by atoms with E-state index in [1.54, 1.807) is 7.05 Å². The van der Waals surface area contributed by atoms with Crippen LogP contribution >= 0.6 is 0 Å². The zero-order valence-corrected chi connectivity index (χ0v) is 13.5. The third-order valence-corrected chi connectivity index (χ3v) is 3.52. The van der Waals surface area contributed by atoms with Crippen LogP contribution in [0.1, 0.15) is 13.3 Å². The highest BCUT2D eigenvalue weighted by atomic mass is 16.5. The molecule has 0 saturated carbocycles. The molecule has 0 spiro atoms. The highest BCUT2D eigenvalue weighted by Gasteiger charge is 2.00. The Kier molecular flexibility index (Phi) is 6.77. The number of hydrogen-bond donors (Lipinski definition) is 2. The second kappa shape index (κ2) is 9.10. The fourth-order valence-corrected chi connectivity index (χ4v) is 2.40. The SMILES string of the molecule is CCOCCNC(=NC)NCCCn1ccc2ccccc21. The normalized spacial score (nSPS) is 11.8. The van der Waals surface area contributed by atoms with Crippen molar-refractivity contribution in [1.82, 2.24) is 15.2 Å². The summed E-state index contributed by atoms with van der Waals surface area (Å²) in [4.78, 5) is 4.20. The Morgan fingerprint density at radius 1 is 1.18 bits per heavy atom. The van der Waals surface area contributed by atoms with Crippen molar-refractivity contribution in [3.8, 4) is 0 Å². The van der Waals surface area contributed by atoms with E-state index in [1.165, 1.54) is 10.9 Å². The van der Waals surface area contributed by atoms with Gasteiger partial charge in [0.15, 0.2) is 5.96 Å². The van der Waals surface area contributed by atoms with Gasteiger partial charge in [-0.15, -0.1) is 0 Å². The van der Waals surface area contributed by atoms with Crippen LogP contribution in [0.2, 0.25) is 0 Å². The number of hydrogen-bond acceptors (Lipinski definition) is 2. The Morgan fingerprint density at radius 2 is 2.00 bits per heavy atom. The van der Waals surface area contributed by atoms with E-state index in [1.807, 2.05) is 6.92 Å². The molecular formula is C17H26N4O. The smallest absolute Gasteiger partial charge is 0.191 e. The van der Waals surface area contributed by atoms with Gasteiger partial charge in [0.05, 0.1) is 6.61 Å². The first-order valence-electron chi connectivity index (χ1n) is 7.91. The molecule has 0 amide bonds. The van der Waals surface area contributed by atoms with Gasteiger partial charge in [0, 0.05) is 45.0 Å². The van der Waals surface area contributed by atoms with Gasteiger partial charge in [0.2, 0.25) is 0 Å². The van der Waals surface area contributed by atoms with E-state index in [0.29, 0.717) is 6.61 Å². The van der Waals surface area contributed by atoms with Gasteiger partial charge < -0.3 is 19.9 Å². The molecule has 1 aromatic carbocycles. The van der Waals surface area contributed by atoms with Crippen LogP contribution in [0.3, 0.4) is 0 Å². The molecule has 0 bridgehead atoms. The molecule has 120 valence electrons. The number of rotatable bonds is 8. The van der Waals surface area contributed by atoms with Crippen LogP contribution in [0.4, 0.5) is 0 Å². The van der Waals surface area contributed by atoms with Crippen molar-refractivity contribution >= 4 is 16.9 Å². The van der Waals surface area contributed by atoms with E-state index < -0.39 is 0 Å². The van der Waals surface area contributed by atoms with Crippen molar-refractivity contribution in [1.29, 1.82) is 0 Å². The third kappa shape index (κ3) is 4.77. The van der Waals surface area contributed by atoms with Gasteiger partial charge in [0.1, 0.15) is 0 Å². The maximum Gasteiger partial charge on any atom is 0.191 e. The average molecular weight is 302 g/mol. The lowest BCUT2D eigenvalue weighted by molar-refractivity contribution is 0.152. The first-order chi connectivity index (χ1) is 10.8. The molecule has 0 radical (unpaired) electrons. The van der Waals surface area contributed by atoms with Crippen LogP contribution in [0, 0.1) is 0 Å². The summed E-state index contributed by atoms with van der Waals surface area (Å²) >= 11 is 0. The largest absolute Gasteiger partial charge is 0.380 e. The quantitative estimate of drug-likeness (QED) is 0.447. The van der Waals surface area contributed by atoms with Gasteiger partial charge in [0.25, 0.3) is 0 Å². The lowest BCUT2D eigenvalue weighted by Crippen LogP contribution is -2.39. The predicted octanol–water partition coefficient (Wildman–Crippen LogP) is 2.23. The maximum atomic E-state index is 5.30. The van der Waals surface area contributed by atoms with E-state index >= 15 is 0 Å². The molecule has 1 aromatic heterocycles. The summed E-state index contributed by atoms with van der Waals surface area (Å²) < 4.78 is 7.59. The van der Waals surface area contributed by atoms with Crippen LogP contribution < -0.4 is 10.6 Å². The van der Waals surface area contributed by atoms with E-state index in [2.05, 4.69) is 56.7 Å². The van der Waals surface area contributed by atoms with Gasteiger partial charge in [-0.25, -0.2) is 0 Å². The molecule has 2 N–H and O–H groups in total. The van der Waals surface area contributed by atoms with Crippen molar-refractivity contribution < 1.29 is 4.74 Å². The Balaban J connectivity index is 1.70. The van der Waals surface area contributed by atoms with Crippen molar-refractivity contribution in [2.75, 3.05) is 33.4 Å². The summed E-state index contributed by atoms with van der Waals surface area (Å²) in [7, 11) is 1.79. The molecule has 5 nitrogen and oxygen atoms in total. The highest BCUT2D eigenvalue weighted by molar-refractivity contribution is 5.80. The summed E-state index contributed by atoms with van der Waals surface area (Å²) in [5.41, 5.74) is 1.29. The molecule has 0 aliphatic heterocycles. The topological polar surface area (TPSA) is 50.6 Å².